The number of hydrogen-bond acceptors (Lipinski definition) is 5. The summed E-state index contributed by atoms with van der Waals surface area (Å²) in [6, 6.07) is 11.9. The summed E-state index contributed by atoms with van der Waals surface area (Å²) in [6.07, 6.45) is 1.84. The smallest absolute Gasteiger partial charge is 0.411 e. The minimum absolute atomic E-state index is 0.0114. The van der Waals surface area contributed by atoms with Gasteiger partial charge in [-0.2, -0.15) is 5.26 Å². The van der Waals surface area contributed by atoms with Crippen LogP contribution in [0.5, 0.6) is 0 Å². The van der Waals surface area contributed by atoms with E-state index in [-0.39, 0.29) is 24.3 Å². The summed E-state index contributed by atoms with van der Waals surface area (Å²) >= 11 is 0. The van der Waals surface area contributed by atoms with E-state index in [1.165, 1.54) is 11.0 Å². The van der Waals surface area contributed by atoms with Gasteiger partial charge in [-0.15, -0.1) is 0 Å². The second-order valence-corrected chi connectivity index (χ2v) is 11.2. The minimum atomic E-state index is -0.964. The first kappa shape index (κ1) is 28.1. The van der Waals surface area contributed by atoms with E-state index in [0.717, 1.165) is 24.8 Å². The Morgan fingerprint density at radius 1 is 1.13 bits per heavy atom. The second-order valence-electron chi connectivity index (χ2n) is 11.2. The topological polar surface area (TPSA) is 112 Å². The molecule has 206 valence electrons. The van der Waals surface area contributed by atoms with Gasteiger partial charge < -0.3 is 15.4 Å². The van der Waals surface area contributed by atoms with Crippen molar-refractivity contribution in [2.24, 2.45) is 5.92 Å². The molecule has 39 heavy (non-hydrogen) atoms. The van der Waals surface area contributed by atoms with Crippen LogP contribution in [-0.2, 0) is 16.0 Å². The van der Waals surface area contributed by atoms with Gasteiger partial charge in [-0.1, -0.05) is 24.3 Å². The number of likely N-dealkylation sites (tertiary alicyclic amines) is 1. The molecule has 2 bridgehead atoms. The van der Waals surface area contributed by atoms with Crippen LogP contribution in [-0.4, -0.2) is 53.1 Å². The Hall–Kier alpha value is -3.93. The number of halogens is 1. The first-order valence-corrected chi connectivity index (χ1v) is 13.4. The van der Waals surface area contributed by atoms with Crippen LogP contribution in [0.2, 0.25) is 0 Å². The molecule has 1 saturated carbocycles. The van der Waals surface area contributed by atoms with Crippen molar-refractivity contribution >= 4 is 17.9 Å². The van der Waals surface area contributed by atoms with Crippen LogP contribution in [0, 0.1) is 23.1 Å². The molecule has 2 aliphatic rings. The van der Waals surface area contributed by atoms with Crippen molar-refractivity contribution in [3.8, 4) is 17.2 Å². The highest BCUT2D eigenvalue weighted by Crippen LogP contribution is 2.43. The molecule has 2 aromatic rings. The van der Waals surface area contributed by atoms with Gasteiger partial charge in [-0.05, 0) is 87.8 Å². The first-order chi connectivity index (χ1) is 18.5. The molecular formula is C30H35FN4O4. The lowest BCUT2D eigenvalue weighted by molar-refractivity contribution is -0.128. The highest BCUT2D eigenvalue weighted by molar-refractivity contribution is 5.94. The SMILES string of the molecule is CCNC(=O)c1ccc(-c2ccc(CC(C#N)NC(=O)C3C4CCC(C4)N3C(=O)OC(C)(C)C)c(F)c2)cc1. The lowest BCUT2D eigenvalue weighted by Gasteiger charge is -2.35. The van der Waals surface area contributed by atoms with Crippen LogP contribution in [0.4, 0.5) is 9.18 Å². The summed E-state index contributed by atoms with van der Waals surface area (Å²) in [4.78, 5) is 39.7. The summed E-state index contributed by atoms with van der Waals surface area (Å²) in [6.45, 7) is 7.71. The molecule has 2 fully saturated rings. The Labute approximate surface area is 228 Å². The molecule has 0 aromatic heterocycles. The fourth-order valence-corrected chi connectivity index (χ4v) is 5.48. The molecule has 0 spiro atoms. The summed E-state index contributed by atoms with van der Waals surface area (Å²) < 4.78 is 20.6. The Kier molecular flexibility index (Phi) is 8.24. The summed E-state index contributed by atoms with van der Waals surface area (Å²) in [5, 5.41) is 15.2. The average molecular weight is 535 g/mol. The number of nitriles is 1. The highest BCUT2D eigenvalue weighted by Gasteiger charge is 2.52. The average Bonchev–Trinajstić information content (AvgIpc) is 3.51. The van der Waals surface area contributed by atoms with Crippen molar-refractivity contribution in [1.82, 2.24) is 15.5 Å². The molecule has 4 unspecified atom stereocenters. The summed E-state index contributed by atoms with van der Waals surface area (Å²) in [7, 11) is 0. The number of nitrogens with one attached hydrogen (secondary N) is 2. The van der Waals surface area contributed by atoms with E-state index in [1.807, 2.05) is 6.92 Å². The van der Waals surface area contributed by atoms with Crippen molar-refractivity contribution in [3.63, 3.8) is 0 Å². The zero-order valence-corrected chi connectivity index (χ0v) is 22.8. The van der Waals surface area contributed by atoms with E-state index < -0.39 is 35.5 Å². The molecule has 1 aliphatic heterocycles. The van der Waals surface area contributed by atoms with Crippen LogP contribution >= 0.6 is 0 Å². The lowest BCUT2D eigenvalue weighted by atomic mass is 9.96. The third kappa shape index (κ3) is 6.39. The fourth-order valence-electron chi connectivity index (χ4n) is 5.48. The molecule has 2 N–H and O–H groups in total. The largest absolute Gasteiger partial charge is 0.444 e. The van der Waals surface area contributed by atoms with Crippen LogP contribution in [0.1, 0.15) is 62.9 Å². The Morgan fingerprint density at radius 2 is 1.82 bits per heavy atom. The number of amides is 3. The number of piperidine rings is 1. The number of benzene rings is 2. The van der Waals surface area contributed by atoms with Crippen LogP contribution < -0.4 is 10.6 Å². The normalized spacial score (nSPS) is 20.7. The Morgan fingerprint density at radius 3 is 2.44 bits per heavy atom. The third-order valence-electron chi connectivity index (χ3n) is 7.23. The van der Waals surface area contributed by atoms with Gasteiger partial charge in [-0.25, -0.2) is 9.18 Å². The van der Waals surface area contributed by atoms with E-state index >= 15 is 4.39 Å². The van der Waals surface area contributed by atoms with Gasteiger partial charge in [-0.3, -0.25) is 14.5 Å². The zero-order chi connectivity index (χ0) is 28.3. The number of nitrogens with zero attached hydrogens (tertiary/aromatic N) is 2. The molecule has 4 atom stereocenters. The summed E-state index contributed by atoms with van der Waals surface area (Å²) in [5.74, 6) is -1.07. The van der Waals surface area contributed by atoms with Gasteiger partial charge in [0.1, 0.15) is 23.5 Å². The third-order valence-corrected chi connectivity index (χ3v) is 7.23. The van der Waals surface area contributed by atoms with Gasteiger partial charge in [0.05, 0.1) is 6.07 Å². The Bertz CT molecular complexity index is 1280. The molecule has 4 rings (SSSR count). The van der Waals surface area contributed by atoms with E-state index in [4.69, 9.17) is 4.74 Å². The van der Waals surface area contributed by atoms with Crippen molar-refractivity contribution in [2.45, 2.75) is 77.1 Å². The van der Waals surface area contributed by atoms with Gasteiger partial charge in [0, 0.05) is 24.6 Å². The number of hydrogen-bond donors (Lipinski definition) is 2. The lowest BCUT2D eigenvalue weighted by Crippen LogP contribution is -2.55. The molecular weight excluding hydrogens is 499 g/mol. The van der Waals surface area contributed by atoms with E-state index in [9.17, 15) is 19.6 Å². The van der Waals surface area contributed by atoms with E-state index in [0.29, 0.717) is 23.2 Å². The maximum Gasteiger partial charge on any atom is 0.411 e. The van der Waals surface area contributed by atoms with Crippen LogP contribution in [0.25, 0.3) is 11.1 Å². The first-order valence-electron chi connectivity index (χ1n) is 13.4. The number of carbonyl (C=O) groups is 3. The minimum Gasteiger partial charge on any atom is -0.444 e. The van der Waals surface area contributed by atoms with Gasteiger partial charge in [0.2, 0.25) is 5.91 Å². The van der Waals surface area contributed by atoms with Crippen molar-refractivity contribution in [2.75, 3.05) is 6.54 Å². The molecule has 3 amide bonds. The van der Waals surface area contributed by atoms with Crippen LogP contribution in [0.15, 0.2) is 42.5 Å². The highest BCUT2D eigenvalue weighted by atomic mass is 19.1. The van der Waals surface area contributed by atoms with Gasteiger partial charge in [0.15, 0.2) is 0 Å². The van der Waals surface area contributed by atoms with Crippen molar-refractivity contribution in [1.29, 1.82) is 5.26 Å². The molecule has 9 heteroatoms. The molecule has 8 nitrogen and oxygen atoms in total. The standard InChI is InChI=1S/C30H35FN4O4/c1-5-33-27(36)19-8-6-18(7-9-19)20-10-11-21(25(31)16-20)14-23(17-32)34-28(37)26-22-12-13-24(15-22)35(26)29(38)39-30(2,3)4/h6-11,16,22-24,26H,5,12-15H2,1-4H3,(H,33,36)(H,34,37). The van der Waals surface area contributed by atoms with Crippen LogP contribution in [0.3, 0.4) is 0 Å². The van der Waals surface area contributed by atoms with Gasteiger partial charge in [0.25, 0.3) is 5.91 Å². The van der Waals surface area contributed by atoms with Crippen molar-refractivity contribution < 1.29 is 23.5 Å². The molecule has 1 aliphatic carbocycles. The predicted molar refractivity (Wildman–Crippen MR) is 144 cm³/mol. The molecule has 2 aromatic carbocycles. The number of ether oxygens (including phenoxy) is 1. The van der Waals surface area contributed by atoms with E-state index in [2.05, 4.69) is 16.7 Å². The Balaban J connectivity index is 1.43. The predicted octanol–water partition coefficient (Wildman–Crippen LogP) is 4.58. The molecule has 1 saturated heterocycles. The number of fused-ring (bicyclic) bond motifs is 2. The quantitative estimate of drug-likeness (QED) is 0.540. The maximum absolute atomic E-state index is 15.1. The zero-order valence-electron chi connectivity index (χ0n) is 22.8. The molecule has 0 radical (unpaired) electrons. The maximum atomic E-state index is 15.1. The molecule has 1 heterocycles. The number of carbonyl (C=O) groups excluding carboxylic acids is 3. The second kappa shape index (κ2) is 11.4. The van der Waals surface area contributed by atoms with Gasteiger partial charge >= 0.3 is 6.09 Å². The summed E-state index contributed by atoms with van der Waals surface area (Å²) in [5.41, 5.74) is 1.50. The monoisotopic (exact) mass is 534 g/mol. The number of rotatable bonds is 7. The van der Waals surface area contributed by atoms with E-state index in [1.54, 1.807) is 57.2 Å². The fraction of sp³-hybridized carbons (Fsp3) is 0.467. The van der Waals surface area contributed by atoms with Crippen molar-refractivity contribution in [3.05, 3.63) is 59.4 Å².